The molecule has 2 N–H and O–H groups in total. The molecule has 6 heteroatoms. The van der Waals surface area contributed by atoms with Gasteiger partial charge in [-0.05, 0) is 24.6 Å². The van der Waals surface area contributed by atoms with Crippen LogP contribution in [-0.4, -0.2) is 10.1 Å². The van der Waals surface area contributed by atoms with Crippen LogP contribution in [0.25, 0.3) is 0 Å². The Hall–Kier alpha value is -1.10. The van der Waals surface area contributed by atoms with E-state index >= 15 is 0 Å². The monoisotopic (exact) mass is 271 g/mol. The van der Waals surface area contributed by atoms with Gasteiger partial charge in [-0.2, -0.15) is 4.98 Å². The predicted molar refractivity (Wildman–Crippen MR) is 66.2 cm³/mol. The Balaban J connectivity index is 2.16. The van der Waals surface area contributed by atoms with Gasteiger partial charge in [0.1, 0.15) is 0 Å². The molecule has 0 radical (unpaired) electrons. The number of nitrogens with zero attached hydrogens (tertiary/aromatic N) is 2. The summed E-state index contributed by atoms with van der Waals surface area (Å²) in [5, 5.41) is 4.82. The molecule has 1 atom stereocenters. The highest BCUT2D eigenvalue weighted by molar-refractivity contribution is 6.42. The summed E-state index contributed by atoms with van der Waals surface area (Å²) in [7, 11) is 0. The Kier molecular flexibility index (Phi) is 3.66. The number of benzene rings is 1. The minimum Gasteiger partial charge on any atom is -0.339 e. The van der Waals surface area contributed by atoms with E-state index in [2.05, 4.69) is 10.1 Å². The normalized spacial score (nSPS) is 12.7. The average Bonchev–Trinajstić information content (AvgIpc) is 2.72. The van der Waals surface area contributed by atoms with E-state index in [1.165, 1.54) is 0 Å². The van der Waals surface area contributed by atoms with Crippen molar-refractivity contribution in [3.05, 3.63) is 45.5 Å². The van der Waals surface area contributed by atoms with Gasteiger partial charge < -0.3 is 10.3 Å². The van der Waals surface area contributed by atoms with Crippen LogP contribution >= 0.6 is 23.2 Å². The van der Waals surface area contributed by atoms with Gasteiger partial charge in [0.25, 0.3) is 0 Å². The number of aromatic nitrogens is 2. The average molecular weight is 272 g/mol. The first kappa shape index (κ1) is 12.4. The number of nitrogens with two attached hydrogens (primary N) is 1. The zero-order valence-corrected chi connectivity index (χ0v) is 10.7. The van der Waals surface area contributed by atoms with E-state index in [1.807, 2.05) is 6.07 Å². The molecule has 0 spiro atoms. The highest BCUT2D eigenvalue weighted by Gasteiger charge is 2.10. The predicted octanol–water partition coefficient (Wildman–Crippen LogP) is 2.99. The summed E-state index contributed by atoms with van der Waals surface area (Å²) in [6.07, 6.45) is 0.511. The second kappa shape index (κ2) is 5.04. The molecule has 1 unspecified atom stereocenters. The molecule has 17 heavy (non-hydrogen) atoms. The van der Waals surface area contributed by atoms with Gasteiger partial charge >= 0.3 is 0 Å². The number of hydrogen-bond acceptors (Lipinski definition) is 4. The smallest absolute Gasteiger partial charge is 0.231 e. The topological polar surface area (TPSA) is 64.9 Å². The van der Waals surface area contributed by atoms with Crippen molar-refractivity contribution in [3.8, 4) is 0 Å². The molecule has 0 saturated carbocycles. The molecule has 4 nitrogen and oxygen atoms in total. The first-order valence-corrected chi connectivity index (χ1v) is 5.84. The second-order valence-electron chi connectivity index (χ2n) is 3.76. The third-order valence-electron chi connectivity index (χ3n) is 2.23. The molecule has 1 aromatic carbocycles. The highest BCUT2D eigenvalue weighted by atomic mass is 35.5. The summed E-state index contributed by atoms with van der Waals surface area (Å²) >= 11 is 11.7. The van der Waals surface area contributed by atoms with Crippen LogP contribution < -0.4 is 5.73 Å². The van der Waals surface area contributed by atoms with Crippen LogP contribution in [0, 0.1) is 0 Å². The molecule has 0 aliphatic rings. The molecule has 0 bridgehead atoms. The van der Waals surface area contributed by atoms with Crippen molar-refractivity contribution in [1.29, 1.82) is 0 Å². The Morgan fingerprint density at radius 3 is 2.71 bits per heavy atom. The van der Waals surface area contributed by atoms with Crippen molar-refractivity contribution in [1.82, 2.24) is 10.1 Å². The van der Waals surface area contributed by atoms with Crippen molar-refractivity contribution in [2.75, 3.05) is 0 Å². The van der Waals surface area contributed by atoms with Gasteiger partial charge in [-0.25, -0.2) is 0 Å². The first-order valence-electron chi connectivity index (χ1n) is 5.08. The maximum atomic E-state index is 5.92. The van der Waals surface area contributed by atoms with Crippen molar-refractivity contribution >= 4 is 23.2 Å². The lowest BCUT2D eigenvalue weighted by Gasteiger charge is -1.99. The lowest BCUT2D eigenvalue weighted by Crippen LogP contribution is -2.06. The Morgan fingerprint density at radius 2 is 2.12 bits per heavy atom. The molecule has 0 amide bonds. The van der Waals surface area contributed by atoms with E-state index < -0.39 is 0 Å². The maximum Gasteiger partial charge on any atom is 0.231 e. The van der Waals surface area contributed by atoms with E-state index in [9.17, 15) is 0 Å². The fourth-order valence-corrected chi connectivity index (χ4v) is 1.67. The van der Waals surface area contributed by atoms with E-state index in [4.69, 9.17) is 33.5 Å². The molecule has 0 aliphatic carbocycles. The number of halogens is 2. The molecule has 1 aromatic heterocycles. The van der Waals surface area contributed by atoms with Crippen LogP contribution in [0.3, 0.4) is 0 Å². The third kappa shape index (κ3) is 2.97. The van der Waals surface area contributed by atoms with Gasteiger partial charge in [0.2, 0.25) is 5.89 Å². The van der Waals surface area contributed by atoms with Crippen molar-refractivity contribution in [2.45, 2.75) is 19.4 Å². The van der Waals surface area contributed by atoms with E-state index in [-0.39, 0.29) is 6.04 Å². The fourth-order valence-electron chi connectivity index (χ4n) is 1.35. The van der Waals surface area contributed by atoms with Gasteiger partial charge in [-0.15, -0.1) is 0 Å². The Morgan fingerprint density at radius 1 is 1.35 bits per heavy atom. The minimum atomic E-state index is -0.235. The molecular formula is C11H11Cl2N3O. The van der Waals surface area contributed by atoms with Gasteiger partial charge in [0.05, 0.1) is 22.5 Å². The molecule has 0 saturated heterocycles. The van der Waals surface area contributed by atoms with Gasteiger partial charge in [-0.1, -0.05) is 34.4 Å². The third-order valence-corrected chi connectivity index (χ3v) is 2.97. The zero-order chi connectivity index (χ0) is 12.4. The standard InChI is InChI=1S/C11H11Cl2N3O/c1-6(14)11-15-10(17-16-11)5-7-2-3-8(12)9(13)4-7/h2-4,6H,5,14H2,1H3. The second-order valence-corrected chi connectivity index (χ2v) is 4.57. The quantitative estimate of drug-likeness (QED) is 0.932. The van der Waals surface area contributed by atoms with Crippen LogP contribution in [0.15, 0.2) is 22.7 Å². The van der Waals surface area contributed by atoms with Crippen LogP contribution in [0.4, 0.5) is 0 Å². The minimum absolute atomic E-state index is 0.235. The lowest BCUT2D eigenvalue weighted by molar-refractivity contribution is 0.377. The summed E-state index contributed by atoms with van der Waals surface area (Å²) in [6, 6.07) is 5.15. The van der Waals surface area contributed by atoms with Gasteiger partial charge in [-0.3, -0.25) is 0 Å². The SMILES string of the molecule is CC(N)c1noc(Cc2ccc(Cl)c(Cl)c2)n1. The van der Waals surface area contributed by atoms with Gasteiger partial charge in [0.15, 0.2) is 5.82 Å². The summed E-state index contributed by atoms with van der Waals surface area (Å²) in [6.45, 7) is 1.80. The van der Waals surface area contributed by atoms with E-state index in [1.54, 1.807) is 19.1 Å². The molecule has 90 valence electrons. The molecule has 2 rings (SSSR count). The van der Waals surface area contributed by atoms with Crippen LogP contribution in [0.2, 0.25) is 10.0 Å². The molecule has 0 fully saturated rings. The largest absolute Gasteiger partial charge is 0.339 e. The van der Waals surface area contributed by atoms with Crippen LogP contribution in [0.1, 0.15) is 30.2 Å². The summed E-state index contributed by atoms with van der Waals surface area (Å²) < 4.78 is 5.08. The maximum absolute atomic E-state index is 5.92. The molecular weight excluding hydrogens is 261 g/mol. The van der Waals surface area contributed by atoms with Crippen molar-refractivity contribution in [2.24, 2.45) is 5.73 Å². The fraction of sp³-hybridized carbons (Fsp3) is 0.273. The molecule has 1 heterocycles. The van der Waals surface area contributed by atoms with Crippen LogP contribution in [0.5, 0.6) is 0 Å². The van der Waals surface area contributed by atoms with E-state index in [0.717, 1.165) is 5.56 Å². The van der Waals surface area contributed by atoms with Crippen molar-refractivity contribution < 1.29 is 4.52 Å². The highest BCUT2D eigenvalue weighted by Crippen LogP contribution is 2.23. The first-order chi connectivity index (χ1) is 8.06. The summed E-state index contributed by atoms with van der Waals surface area (Å²) in [4.78, 5) is 4.18. The van der Waals surface area contributed by atoms with Crippen LogP contribution in [-0.2, 0) is 6.42 Å². The Bertz CT molecular complexity index is 525. The summed E-state index contributed by atoms with van der Waals surface area (Å²) in [5.74, 6) is 1.01. The summed E-state index contributed by atoms with van der Waals surface area (Å²) in [5.41, 5.74) is 6.60. The zero-order valence-electron chi connectivity index (χ0n) is 9.15. The van der Waals surface area contributed by atoms with Gasteiger partial charge in [0, 0.05) is 0 Å². The van der Waals surface area contributed by atoms with E-state index in [0.29, 0.717) is 28.2 Å². The number of rotatable bonds is 3. The van der Waals surface area contributed by atoms with Crippen molar-refractivity contribution in [3.63, 3.8) is 0 Å². The molecule has 2 aromatic rings. The lowest BCUT2D eigenvalue weighted by atomic mass is 10.1. The Labute approximate surface area is 109 Å². The molecule has 0 aliphatic heterocycles. The number of hydrogen-bond donors (Lipinski definition) is 1.